The molecule has 0 aliphatic carbocycles. The molecule has 1 aromatic carbocycles. The maximum absolute atomic E-state index is 12.3. The maximum Gasteiger partial charge on any atom is 0.351 e. The first-order valence-corrected chi connectivity index (χ1v) is 8.47. The van der Waals surface area contributed by atoms with Crippen molar-refractivity contribution in [2.45, 2.75) is 40.2 Å². The van der Waals surface area contributed by atoms with Gasteiger partial charge < -0.3 is 15.8 Å². The Labute approximate surface area is 145 Å². The van der Waals surface area contributed by atoms with Crippen molar-refractivity contribution >= 4 is 34.0 Å². The zero-order chi connectivity index (χ0) is 17.9. The number of hydrogen-bond acceptors (Lipinski definition) is 6. The van der Waals surface area contributed by atoms with Crippen molar-refractivity contribution in [3.63, 3.8) is 0 Å². The number of benzene rings is 1. The molecular weight excluding hydrogens is 326 g/mol. The molecule has 0 radical (unpaired) electrons. The summed E-state index contributed by atoms with van der Waals surface area (Å²) in [6, 6.07) is 5.77. The minimum absolute atomic E-state index is 0.311. The number of nitrogen functional groups attached to an aromatic ring is 1. The van der Waals surface area contributed by atoms with Gasteiger partial charge in [-0.3, -0.25) is 4.79 Å². The number of carbonyl (C=O) groups excluding carboxylic acids is 2. The molecular formula is C17H21N3O3S. The number of carbonyl (C=O) groups is 2. The first kappa shape index (κ1) is 17.9. The zero-order valence-corrected chi connectivity index (χ0v) is 15.0. The third kappa shape index (κ3) is 4.11. The number of hydrogen-bond donors (Lipinski definition) is 2. The van der Waals surface area contributed by atoms with Crippen molar-refractivity contribution in [3.05, 3.63) is 39.9 Å². The van der Waals surface area contributed by atoms with Gasteiger partial charge in [0.1, 0.15) is 4.88 Å². The number of rotatable bonds is 5. The third-order valence-electron chi connectivity index (χ3n) is 3.54. The Balaban J connectivity index is 2.05. The molecule has 1 atom stereocenters. The molecule has 0 aliphatic rings. The van der Waals surface area contributed by atoms with Gasteiger partial charge in [-0.15, -0.1) is 0 Å². The number of esters is 1. The number of nitrogens with zero attached hydrogens (tertiary/aromatic N) is 1. The van der Waals surface area contributed by atoms with Crippen LogP contribution in [-0.2, 0) is 16.0 Å². The standard InChI is InChI=1S/C17H21N3O3S/c1-5-12-14(24-17(18)20-12)16(22)23-11(4)15(21)19-13-8-9(2)6-7-10(13)3/h6-8,11H,5H2,1-4H3,(H2,18,20)(H,19,21)/t11-/m0/s1. The Morgan fingerprint density at radius 1 is 1.38 bits per heavy atom. The molecule has 24 heavy (non-hydrogen) atoms. The smallest absolute Gasteiger partial charge is 0.351 e. The summed E-state index contributed by atoms with van der Waals surface area (Å²) in [6.45, 7) is 7.26. The minimum Gasteiger partial charge on any atom is -0.448 e. The first-order chi connectivity index (χ1) is 11.3. The van der Waals surface area contributed by atoms with Gasteiger partial charge in [-0.1, -0.05) is 30.4 Å². The van der Waals surface area contributed by atoms with E-state index in [1.54, 1.807) is 0 Å². The van der Waals surface area contributed by atoms with Crippen LogP contribution in [0.15, 0.2) is 18.2 Å². The highest BCUT2D eigenvalue weighted by Crippen LogP contribution is 2.23. The number of amides is 1. The highest BCUT2D eigenvalue weighted by atomic mass is 32.1. The third-order valence-corrected chi connectivity index (χ3v) is 4.44. The summed E-state index contributed by atoms with van der Waals surface area (Å²) in [5, 5.41) is 3.10. The summed E-state index contributed by atoms with van der Waals surface area (Å²) < 4.78 is 5.26. The lowest BCUT2D eigenvalue weighted by Crippen LogP contribution is -2.30. The lowest BCUT2D eigenvalue weighted by atomic mass is 10.1. The molecule has 2 rings (SSSR count). The molecule has 0 saturated heterocycles. The van der Waals surface area contributed by atoms with E-state index in [0.717, 1.165) is 22.5 Å². The van der Waals surface area contributed by atoms with Gasteiger partial charge in [0.05, 0.1) is 5.69 Å². The molecule has 0 saturated carbocycles. The lowest BCUT2D eigenvalue weighted by molar-refractivity contribution is -0.123. The predicted molar refractivity (Wildman–Crippen MR) is 95.3 cm³/mol. The van der Waals surface area contributed by atoms with Crippen LogP contribution in [0.25, 0.3) is 0 Å². The Morgan fingerprint density at radius 3 is 2.75 bits per heavy atom. The largest absolute Gasteiger partial charge is 0.448 e. The number of nitrogens with one attached hydrogen (secondary N) is 1. The Morgan fingerprint density at radius 2 is 2.08 bits per heavy atom. The van der Waals surface area contributed by atoms with Gasteiger partial charge in [0.15, 0.2) is 11.2 Å². The van der Waals surface area contributed by atoms with E-state index in [9.17, 15) is 9.59 Å². The Hall–Kier alpha value is -2.41. The summed E-state index contributed by atoms with van der Waals surface area (Å²) >= 11 is 1.07. The van der Waals surface area contributed by atoms with Crippen molar-refractivity contribution in [1.29, 1.82) is 0 Å². The van der Waals surface area contributed by atoms with E-state index in [0.29, 0.717) is 27.8 Å². The molecule has 1 heterocycles. The molecule has 1 amide bonds. The van der Waals surface area contributed by atoms with Crippen LogP contribution < -0.4 is 11.1 Å². The summed E-state index contributed by atoms with van der Waals surface area (Å²) in [5.74, 6) is -0.961. The fraction of sp³-hybridized carbons (Fsp3) is 0.353. The molecule has 128 valence electrons. The van der Waals surface area contributed by atoms with Gasteiger partial charge in [0, 0.05) is 5.69 Å². The maximum atomic E-state index is 12.3. The molecule has 0 spiro atoms. The number of aromatic nitrogens is 1. The first-order valence-electron chi connectivity index (χ1n) is 7.66. The number of anilines is 2. The summed E-state index contributed by atoms with van der Waals surface area (Å²) in [4.78, 5) is 29.0. The summed E-state index contributed by atoms with van der Waals surface area (Å²) in [6.07, 6.45) is -0.355. The number of aryl methyl sites for hydroxylation is 3. The highest BCUT2D eigenvalue weighted by Gasteiger charge is 2.23. The molecule has 0 bridgehead atoms. The van der Waals surface area contributed by atoms with Crippen LogP contribution in [0.3, 0.4) is 0 Å². The van der Waals surface area contributed by atoms with Crippen LogP contribution in [0.1, 0.15) is 40.3 Å². The van der Waals surface area contributed by atoms with Crippen molar-refractivity contribution < 1.29 is 14.3 Å². The minimum atomic E-state index is -0.926. The topological polar surface area (TPSA) is 94.3 Å². The average molecular weight is 347 g/mol. The second-order valence-electron chi connectivity index (χ2n) is 5.54. The Kier molecular flexibility index (Phi) is 5.56. The fourth-order valence-electron chi connectivity index (χ4n) is 2.14. The van der Waals surface area contributed by atoms with Crippen molar-refractivity contribution in [3.8, 4) is 0 Å². The molecule has 7 heteroatoms. The number of thiazole rings is 1. The van der Waals surface area contributed by atoms with Gasteiger partial charge in [-0.25, -0.2) is 9.78 Å². The van der Waals surface area contributed by atoms with Crippen LogP contribution in [0.5, 0.6) is 0 Å². The second kappa shape index (κ2) is 7.44. The van der Waals surface area contributed by atoms with Gasteiger partial charge in [0.25, 0.3) is 5.91 Å². The zero-order valence-electron chi connectivity index (χ0n) is 14.2. The molecule has 0 aliphatic heterocycles. The van der Waals surface area contributed by atoms with Gasteiger partial charge in [-0.2, -0.15) is 0 Å². The van der Waals surface area contributed by atoms with E-state index in [4.69, 9.17) is 10.5 Å². The van der Waals surface area contributed by atoms with Crippen LogP contribution in [-0.4, -0.2) is 23.0 Å². The molecule has 3 N–H and O–H groups in total. The van der Waals surface area contributed by atoms with E-state index in [-0.39, 0.29) is 5.91 Å². The fourth-order valence-corrected chi connectivity index (χ4v) is 2.95. The monoisotopic (exact) mass is 347 g/mol. The molecule has 6 nitrogen and oxygen atoms in total. The van der Waals surface area contributed by atoms with Gasteiger partial charge >= 0.3 is 5.97 Å². The predicted octanol–water partition coefficient (Wildman–Crippen LogP) is 3.09. The SMILES string of the molecule is CCc1nc(N)sc1C(=O)O[C@@H](C)C(=O)Nc1cc(C)ccc1C. The van der Waals surface area contributed by atoms with Gasteiger partial charge in [0.2, 0.25) is 0 Å². The second-order valence-corrected chi connectivity index (χ2v) is 6.57. The number of ether oxygens (including phenoxy) is 1. The molecule has 2 aromatic rings. The van der Waals surface area contributed by atoms with Crippen LogP contribution in [0.2, 0.25) is 0 Å². The van der Waals surface area contributed by atoms with Crippen LogP contribution in [0.4, 0.5) is 10.8 Å². The lowest BCUT2D eigenvalue weighted by Gasteiger charge is -2.15. The highest BCUT2D eigenvalue weighted by molar-refractivity contribution is 7.17. The van der Waals surface area contributed by atoms with E-state index in [1.807, 2.05) is 39.0 Å². The number of nitrogens with two attached hydrogens (primary N) is 1. The van der Waals surface area contributed by atoms with Crippen LogP contribution in [0, 0.1) is 13.8 Å². The van der Waals surface area contributed by atoms with E-state index >= 15 is 0 Å². The van der Waals surface area contributed by atoms with E-state index < -0.39 is 12.1 Å². The Bertz CT molecular complexity index is 770. The van der Waals surface area contributed by atoms with Crippen LogP contribution >= 0.6 is 11.3 Å². The average Bonchev–Trinajstić information content (AvgIpc) is 2.92. The van der Waals surface area contributed by atoms with Crippen molar-refractivity contribution in [2.75, 3.05) is 11.1 Å². The molecule has 0 unspecified atom stereocenters. The van der Waals surface area contributed by atoms with Crippen molar-refractivity contribution in [2.24, 2.45) is 0 Å². The van der Waals surface area contributed by atoms with E-state index in [2.05, 4.69) is 10.3 Å². The van der Waals surface area contributed by atoms with E-state index in [1.165, 1.54) is 6.92 Å². The summed E-state index contributed by atoms with van der Waals surface area (Å²) in [5.41, 5.74) is 8.91. The van der Waals surface area contributed by atoms with Crippen molar-refractivity contribution in [1.82, 2.24) is 4.98 Å². The quantitative estimate of drug-likeness (QED) is 0.811. The summed E-state index contributed by atoms with van der Waals surface area (Å²) in [7, 11) is 0. The normalized spacial score (nSPS) is 11.8. The molecule has 1 aromatic heterocycles. The molecule has 0 fully saturated rings. The van der Waals surface area contributed by atoms with Gasteiger partial charge in [-0.05, 0) is 44.4 Å².